The predicted molar refractivity (Wildman–Crippen MR) is 52.7 cm³/mol. The molecule has 0 bridgehead atoms. The number of nitrogens with zero attached hydrogens (tertiary/aromatic N) is 1. The molecule has 0 fully saturated rings. The molecule has 0 spiro atoms. The monoisotopic (exact) mass is 208 g/mol. The lowest BCUT2D eigenvalue weighted by Gasteiger charge is -1.96. The van der Waals surface area contributed by atoms with Crippen LogP contribution < -0.4 is 0 Å². The maximum Gasteiger partial charge on any atom is 0.337 e. The standard InChI is InChI=1S/C9H8N2O2S/c12-9(13)7-1-2-10-8(7)3-6-4-14-5-11-6/h1-2,4-5,10H,3H2,(H,12,13). The van der Waals surface area contributed by atoms with E-state index in [-0.39, 0.29) is 0 Å². The summed E-state index contributed by atoms with van der Waals surface area (Å²) in [6.45, 7) is 0. The zero-order valence-corrected chi connectivity index (χ0v) is 8.04. The molecule has 2 aromatic heterocycles. The topological polar surface area (TPSA) is 66.0 Å². The number of hydrogen-bond acceptors (Lipinski definition) is 3. The fourth-order valence-corrected chi connectivity index (χ4v) is 1.81. The van der Waals surface area contributed by atoms with E-state index in [9.17, 15) is 4.79 Å². The summed E-state index contributed by atoms with van der Waals surface area (Å²) in [7, 11) is 0. The van der Waals surface area contributed by atoms with Crippen molar-refractivity contribution in [3.8, 4) is 0 Å². The Morgan fingerprint density at radius 3 is 3.14 bits per heavy atom. The van der Waals surface area contributed by atoms with Crippen LogP contribution in [-0.4, -0.2) is 21.0 Å². The van der Waals surface area contributed by atoms with E-state index in [0.29, 0.717) is 17.7 Å². The maximum atomic E-state index is 10.8. The molecule has 0 saturated heterocycles. The van der Waals surface area contributed by atoms with Crippen LogP contribution in [0.4, 0.5) is 0 Å². The normalized spacial score (nSPS) is 10.3. The van der Waals surface area contributed by atoms with E-state index in [2.05, 4.69) is 9.97 Å². The number of rotatable bonds is 3. The Labute approximate surface area is 84.2 Å². The summed E-state index contributed by atoms with van der Waals surface area (Å²) >= 11 is 1.50. The number of carboxylic acids is 1. The third-order valence-corrected chi connectivity index (χ3v) is 2.54. The van der Waals surface area contributed by atoms with Gasteiger partial charge in [0.25, 0.3) is 0 Å². The van der Waals surface area contributed by atoms with Gasteiger partial charge in [0.2, 0.25) is 0 Å². The van der Waals surface area contributed by atoms with Crippen LogP contribution in [0.2, 0.25) is 0 Å². The van der Waals surface area contributed by atoms with Gasteiger partial charge in [-0.1, -0.05) is 0 Å². The molecule has 0 aliphatic heterocycles. The second-order valence-corrected chi connectivity index (χ2v) is 3.55. The number of carbonyl (C=O) groups is 1. The molecule has 0 atom stereocenters. The summed E-state index contributed by atoms with van der Waals surface area (Å²) in [5, 5.41) is 10.8. The third kappa shape index (κ3) is 1.67. The summed E-state index contributed by atoms with van der Waals surface area (Å²) in [5.41, 5.74) is 3.64. The fraction of sp³-hybridized carbons (Fsp3) is 0.111. The van der Waals surface area contributed by atoms with E-state index < -0.39 is 5.97 Å². The van der Waals surface area contributed by atoms with E-state index in [1.54, 1.807) is 17.8 Å². The molecule has 0 radical (unpaired) electrons. The number of aromatic amines is 1. The highest BCUT2D eigenvalue weighted by Gasteiger charge is 2.11. The van der Waals surface area contributed by atoms with Gasteiger partial charge < -0.3 is 10.1 Å². The van der Waals surface area contributed by atoms with Gasteiger partial charge in [-0.3, -0.25) is 0 Å². The zero-order valence-electron chi connectivity index (χ0n) is 7.23. The summed E-state index contributed by atoms with van der Waals surface area (Å²) in [6, 6.07) is 1.56. The highest BCUT2D eigenvalue weighted by atomic mass is 32.1. The van der Waals surface area contributed by atoms with E-state index in [0.717, 1.165) is 5.69 Å². The number of aromatic carboxylic acids is 1. The maximum absolute atomic E-state index is 10.8. The molecule has 0 unspecified atom stereocenters. The van der Waals surface area contributed by atoms with Crippen LogP contribution in [0.25, 0.3) is 0 Å². The van der Waals surface area contributed by atoms with Crippen molar-refractivity contribution in [2.45, 2.75) is 6.42 Å². The number of hydrogen-bond donors (Lipinski definition) is 2. The van der Waals surface area contributed by atoms with Gasteiger partial charge >= 0.3 is 5.97 Å². The van der Waals surface area contributed by atoms with Gasteiger partial charge in [-0.2, -0.15) is 0 Å². The SMILES string of the molecule is O=C(O)c1cc[nH]c1Cc1cscn1. The molecule has 0 amide bonds. The highest BCUT2D eigenvalue weighted by molar-refractivity contribution is 7.07. The minimum absolute atomic E-state index is 0.318. The zero-order chi connectivity index (χ0) is 9.97. The average molecular weight is 208 g/mol. The summed E-state index contributed by atoms with van der Waals surface area (Å²) < 4.78 is 0. The smallest absolute Gasteiger partial charge is 0.337 e. The molecule has 2 rings (SSSR count). The van der Waals surface area contributed by atoms with Crippen LogP contribution in [0.15, 0.2) is 23.2 Å². The van der Waals surface area contributed by atoms with Crippen molar-refractivity contribution in [1.82, 2.24) is 9.97 Å². The second kappa shape index (κ2) is 3.63. The Balaban J connectivity index is 2.25. The first-order valence-electron chi connectivity index (χ1n) is 4.04. The molecule has 0 aliphatic rings. The van der Waals surface area contributed by atoms with Crippen LogP contribution in [0.3, 0.4) is 0 Å². The summed E-state index contributed by atoms with van der Waals surface area (Å²) in [4.78, 5) is 17.8. The van der Waals surface area contributed by atoms with Gasteiger partial charge in [0.1, 0.15) is 0 Å². The molecule has 2 aromatic rings. The lowest BCUT2D eigenvalue weighted by atomic mass is 10.2. The molecular weight excluding hydrogens is 200 g/mol. The van der Waals surface area contributed by atoms with Crippen molar-refractivity contribution in [3.05, 3.63) is 40.1 Å². The molecule has 0 aliphatic carbocycles. The Morgan fingerprint density at radius 2 is 2.50 bits per heavy atom. The summed E-state index contributed by atoms with van der Waals surface area (Å²) in [6.07, 6.45) is 2.17. The Kier molecular flexibility index (Phi) is 2.32. The van der Waals surface area contributed by atoms with E-state index in [1.807, 2.05) is 5.38 Å². The second-order valence-electron chi connectivity index (χ2n) is 2.83. The van der Waals surface area contributed by atoms with Crippen molar-refractivity contribution in [1.29, 1.82) is 0 Å². The quantitative estimate of drug-likeness (QED) is 0.807. The van der Waals surface area contributed by atoms with Gasteiger partial charge in [0.05, 0.1) is 16.8 Å². The molecule has 72 valence electrons. The molecule has 4 nitrogen and oxygen atoms in total. The molecular formula is C9H8N2O2S. The number of thiazole rings is 1. The fourth-order valence-electron chi connectivity index (χ4n) is 1.26. The van der Waals surface area contributed by atoms with Gasteiger partial charge in [-0.05, 0) is 6.07 Å². The first kappa shape index (κ1) is 8.96. The van der Waals surface area contributed by atoms with Crippen LogP contribution in [-0.2, 0) is 6.42 Å². The van der Waals surface area contributed by atoms with Crippen molar-refractivity contribution in [2.75, 3.05) is 0 Å². The lowest BCUT2D eigenvalue weighted by molar-refractivity contribution is 0.0696. The molecule has 2 heterocycles. The van der Waals surface area contributed by atoms with Crippen LogP contribution in [0.1, 0.15) is 21.7 Å². The van der Waals surface area contributed by atoms with Crippen LogP contribution >= 0.6 is 11.3 Å². The van der Waals surface area contributed by atoms with Crippen molar-refractivity contribution >= 4 is 17.3 Å². The van der Waals surface area contributed by atoms with Crippen LogP contribution in [0.5, 0.6) is 0 Å². The van der Waals surface area contributed by atoms with Gasteiger partial charge in [0.15, 0.2) is 0 Å². The highest BCUT2D eigenvalue weighted by Crippen LogP contribution is 2.12. The van der Waals surface area contributed by atoms with Gasteiger partial charge in [0, 0.05) is 23.7 Å². The minimum atomic E-state index is -0.906. The number of H-pyrrole nitrogens is 1. The Bertz CT molecular complexity index is 433. The lowest BCUT2D eigenvalue weighted by Crippen LogP contribution is -2.00. The number of aromatic nitrogens is 2. The van der Waals surface area contributed by atoms with Gasteiger partial charge in [-0.25, -0.2) is 9.78 Å². The molecule has 0 aromatic carbocycles. The van der Waals surface area contributed by atoms with Crippen LogP contribution in [0, 0.1) is 0 Å². The predicted octanol–water partition coefficient (Wildman–Crippen LogP) is 1.76. The first-order chi connectivity index (χ1) is 6.77. The Hall–Kier alpha value is -1.62. The van der Waals surface area contributed by atoms with E-state index in [1.165, 1.54) is 11.3 Å². The van der Waals surface area contributed by atoms with E-state index in [4.69, 9.17) is 5.11 Å². The van der Waals surface area contributed by atoms with Crippen molar-refractivity contribution < 1.29 is 9.90 Å². The molecule has 5 heteroatoms. The van der Waals surface area contributed by atoms with Gasteiger partial charge in [-0.15, -0.1) is 11.3 Å². The summed E-state index contributed by atoms with van der Waals surface area (Å²) in [5.74, 6) is -0.906. The largest absolute Gasteiger partial charge is 0.478 e. The van der Waals surface area contributed by atoms with Crippen molar-refractivity contribution in [2.24, 2.45) is 0 Å². The first-order valence-corrected chi connectivity index (χ1v) is 4.98. The third-order valence-electron chi connectivity index (χ3n) is 1.90. The molecule has 14 heavy (non-hydrogen) atoms. The van der Waals surface area contributed by atoms with E-state index >= 15 is 0 Å². The van der Waals surface area contributed by atoms with Crippen molar-refractivity contribution in [3.63, 3.8) is 0 Å². The molecule has 2 N–H and O–H groups in total. The Morgan fingerprint density at radius 1 is 1.64 bits per heavy atom. The molecule has 0 saturated carbocycles. The number of nitrogens with one attached hydrogen (secondary N) is 1. The average Bonchev–Trinajstić information content (AvgIpc) is 2.75. The number of carboxylic acid groups (broad SMARTS) is 1. The minimum Gasteiger partial charge on any atom is -0.478 e.